The molecule has 0 aromatic carbocycles. The number of hydrogen-bond donors (Lipinski definition) is 0. The van der Waals surface area contributed by atoms with Gasteiger partial charge in [-0.25, -0.2) is 0 Å². The molecule has 0 unspecified atom stereocenters. The van der Waals surface area contributed by atoms with Crippen LogP contribution in [0.4, 0.5) is 0 Å². The Labute approximate surface area is 63.0 Å². The predicted octanol–water partition coefficient (Wildman–Crippen LogP) is 2.16. The largest absolute Gasteiger partial charge is 0.0891 e. The van der Waals surface area contributed by atoms with Crippen LogP contribution in [0, 0.1) is 30.1 Å². The van der Waals surface area contributed by atoms with Gasteiger partial charge in [0.15, 0.2) is 0 Å². The van der Waals surface area contributed by atoms with E-state index in [9.17, 15) is 0 Å². The lowest BCUT2D eigenvalue weighted by molar-refractivity contribution is 0.693. The van der Waals surface area contributed by atoms with Gasteiger partial charge in [-0.05, 0) is 24.7 Å². The van der Waals surface area contributed by atoms with Crippen molar-refractivity contribution in [1.29, 1.82) is 0 Å². The summed E-state index contributed by atoms with van der Waals surface area (Å²) in [6.45, 7) is 0. The van der Waals surface area contributed by atoms with E-state index in [0.29, 0.717) is 0 Å². The Morgan fingerprint density at radius 3 is 3.00 bits per heavy atom. The Hall–Kier alpha value is -0.880. The van der Waals surface area contributed by atoms with Crippen molar-refractivity contribution in [3.8, 4) is 23.7 Å². The Bertz CT molecular complexity index is 168. The van der Waals surface area contributed by atoms with Crippen molar-refractivity contribution >= 4 is 0 Å². The summed E-state index contributed by atoms with van der Waals surface area (Å²) in [6, 6.07) is 0. The van der Waals surface area contributed by atoms with Crippen LogP contribution in [0.2, 0.25) is 0 Å². The van der Waals surface area contributed by atoms with Crippen molar-refractivity contribution in [2.24, 2.45) is 0 Å². The predicted molar refractivity (Wildman–Crippen MR) is 42.9 cm³/mol. The van der Waals surface area contributed by atoms with Gasteiger partial charge < -0.3 is 0 Å². The van der Waals surface area contributed by atoms with Crippen LogP contribution >= 0.6 is 0 Å². The van der Waals surface area contributed by atoms with Gasteiger partial charge in [-0.1, -0.05) is 24.7 Å². The molecule has 1 aliphatic rings. The fourth-order valence-corrected chi connectivity index (χ4v) is 0.903. The van der Waals surface area contributed by atoms with Gasteiger partial charge in [-0.2, -0.15) is 0 Å². The second-order valence-corrected chi connectivity index (χ2v) is 2.37. The van der Waals surface area contributed by atoms with E-state index in [2.05, 4.69) is 23.7 Å². The van der Waals surface area contributed by atoms with E-state index in [0.717, 1.165) is 12.8 Å². The fourth-order valence-electron chi connectivity index (χ4n) is 0.903. The topological polar surface area (TPSA) is 0 Å². The van der Waals surface area contributed by atoms with Gasteiger partial charge in [-0.3, -0.25) is 0 Å². The van der Waals surface area contributed by atoms with E-state index in [1.165, 1.54) is 19.3 Å². The smallest absolute Gasteiger partial charge is 0.0351 e. The number of hydrogen-bond acceptors (Lipinski definition) is 0. The normalized spacial score (nSPS) is 17.6. The van der Waals surface area contributed by atoms with Gasteiger partial charge >= 0.3 is 0 Å². The van der Waals surface area contributed by atoms with Crippen molar-refractivity contribution in [2.45, 2.75) is 32.1 Å². The summed E-state index contributed by atoms with van der Waals surface area (Å²) in [5.74, 6) is 11.5. The third kappa shape index (κ3) is 3.21. The Morgan fingerprint density at radius 2 is 2.00 bits per heavy atom. The molecule has 0 heterocycles. The summed E-state index contributed by atoms with van der Waals surface area (Å²) in [6.07, 6.45) is 7.98. The molecule has 10 heavy (non-hydrogen) atoms. The van der Waals surface area contributed by atoms with Crippen LogP contribution in [0.5, 0.6) is 0 Å². The van der Waals surface area contributed by atoms with E-state index in [-0.39, 0.29) is 0 Å². The van der Waals surface area contributed by atoms with E-state index in [1.54, 1.807) is 0 Å². The summed E-state index contributed by atoms with van der Waals surface area (Å²) < 4.78 is 0. The first-order chi connectivity index (χ1) is 5.00. The van der Waals surface area contributed by atoms with Crippen molar-refractivity contribution in [1.82, 2.24) is 0 Å². The zero-order chi connectivity index (χ0) is 7.07. The molecular weight excluding hydrogens is 120 g/mol. The SMILES string of the molecule is C1#C[CH]CCCCCC#C1. The average molecular weight is 131 g/mol. The summed E-state index contributed by atoms with van der Waals surface area (Å²) >= 11 is 0. The van der Waals surface area contributed by atoms with Crippen LogP contribution in [-0.4, -0.2) is 0 Å². The van der Waals surface area contributed by atoms with Gasteiger partial charge in [-0.15, -0.1) is 0 Å². The van der Waals surface area contributed by atoms with Crippen LogP contribution in [0.25, 0.3) is 0 Å². The third-order valence-corrected chi connectivity index (χ3v) is 1.48. The Balaban J connectivity index is 2.36. The molecule has 0 amide bonds. The van der Waals surface area contributed by atoms with E-state index in [4.69, 9.17) is 0 Å². The standard InChI is InChI=1S/C10H11/c1-2-4-6-8-10-9-7-5-3-1/h1H,2,4,6,8,10H2. The first-order valence-electron chi connectivity index (χ1n) is 3.80. The molecule has 0 atom stereocenters. The number of rotatable bonds is 0. The van der Waals surface area contributed by atoms with Crippen molar-refractivity contribution in [2.75, 3.05) is 0 Å². The minimum atomic E-state index is 1.02. The molecule has 0 fully saturated rings. The zero-order valence-corrected chi connectivity index (χ0v) is 6.11. The Morgan fingerprint density at radius 1 is 1.00 bits per heavy atom. The van der Waals surface area contributed by atoms with Crippen LogP contribution in [0.3, 0.4) is 0 Å². The summed E-state index contributed by atoms with van der Waals surface area (Å²) in [5, 5.41) is 0. The van der Waals surface area contributed by atoms with Crippen molar-refractivity contribution in [3.05, 3.63) is 6.42 Å². The second-order valence-electron chi connectivity index (χ2n) is 2.37. The summed E-state index contributed by atoms with van der Waals surface area (Å²) in [5.41, 5.74) is 0. The molecule has 0 heteroatoms. The molecule has 0 aliphatic heterocycles. The summed E-state index contributed by atoms with van der Waals surface area (Å²) in [7, 11) is 0. The molecule has 1 radical (unpaired) electrons. The lowest BCUT2D eigenvalue weighted by atomic mass is 10.1. The van der Waals surface area contributed by atoms with Gasteiger partial charge in [0.2, 0.25) is 0 Å². The molecule has 0 saturated carbocycles. The molecular formula is C10H11. The maximum absolute atomic E-state index is 3.01. The van der Waals surface area contributed by atoms with Crippen LogP contribution in [0.1, 0.15) is 32.1 Å². The molecule has 51 valence electrons. The minimum Gasteiger partial charge on any atom is -0.0891 e. The molecule has 0 saturated heterocycles. The summed E-state index contributed by atoms with van der Waals surface area (Å²) in [4.78, 5) is 0. The quantitative estimate of drug-likeness (QED) is 0.442. The molecule has 0 spiro atoms. The highest BCUT2D eigenvalue weighted by Crippen LogP contribution is 2.03. The van der Waals surface area contributed by atoms with E-state index in [1.807, 2.05) is 6.42 Å². The third-order valence-electron chi connectivity index (χ3n) is 1.48. The van der Waals surface area contributed by atoms with Gasteiger partial charge in [0.05, 0.1) is 0 Å². The molecule has 1 rings (SSSR count). The average Bonchev–Trinajstić information content (AvgIpc) is 2.01. The van der Waals surface area contributed by atoms with E-state index < -0.39 is 0 Å². The van der Waals surface area contributed by atoms with Crippen LogP contribution in [0.15, 0.2) is 0 Å². The van der Waals surface area contributed by atoms with Gasteiger partial charge in [0.1, 0.15) is 0 Å². The highest BCUT2D eigenvalue weighted by molar-refractivity contribution is 5.28. The Kier molecular flexibility index (Phi) is 3.58. The lowest BCUT2D eigenvalue weighted by Gasteiger charge is -1.94. The molecule has 0 N–H and O–H groups in total. The van der Waals surface area contributed by atoms with Gasteiger partial charge in [0.25, 0.3) is 0 Å². The van der Waals surface area contributed by atoms with Crippen molar-refractivity contribution < 1.29 is 0 Å². The molecule has 0 aromatic heterocycles. The first-order valence-corrected chi connectivity index (χ1v) is 3.80. The monoisotopic (exact) mass is 131 g/mol. The van der Waals surface area contributed by atoms with Crippen LogP contribution < -0.4 is 0 Å². The van der Waals surface area contributed by atoms with Gasteiger partial charge in [0, 0.05) is 12.8 Å². The molecule has 1 aliphatic carbocycles. The lowest BCUT2D eigenvalue weighted by Crippen LogP contribution is -1.79. The van der Waals surface area contributed by atoms with Crippen molar-refractivity contribution in [3.63, 3.8) is 0 Å². The maximum Gasteiger partial charge on any atom is 0.0351 e. The highest BCUT2D eigenvalue weighted by Gasteiger charge is 1.88. The zero-order valence-electron chi connectivity index (χ0n) is 6.11. The maximum atomic E-state index is 3.01. The van der Waals surface area contributed by atoms with E-state index >= 15 is 0 Å². The van der Waals surface area contributed by atoms with Crippen LogP contribution in [-0.2, 0) is 0 Å². The fraction of sp³-hybridized carbons (Fsp3) is 0.500. The molecule has 0 nitrogen and oxygen atoms in total. The second kappa shape index (κ2) is 4.95. The highest BCUT2D eigenvalue weighted by atomic mass is 13.9. The molecule has 0 bridgehead atoms. The first kappa shape index (κ1) is 7.23. The minimum absolute atomic E-state index is 1.02. The molecule has 0 aromatic rings.